The number of hydrogen-bond donors (Lipinski definition) is 3. The first-order valence-corrected chi connectivity index (χ1v) is 8.22. The van der Waals surface area contributed by atoms with Crippen LogP contribution in [0.3, 0.4) is 0 Å². The van der Waals surface area contributed by atoms with Gasteiger partial charge >= 0.3 is 0 Å². The first-order valence-electron chi connectivity index (χ1n) is 8.22. The van der Waals surface area contributed by atoms with Gasteiger partial charge in [0.2, 0.25) is 11.8 Å². The number of ether oxygens (including phenoxy) is 1. The minimum Gasteiger partial charge on any atom is -0.484 e. The van der Waals surface area contributed by atoms with Crippen LogP contribution in [0, 0.1) is 5.82 Å². The van der Waals surface area contributed by atoms with Gasteiger partial charge in [-0.15, -0.1) is 0 Å². The quantitative estimate of drug-likeness (QED) is 0.643. The predicted molar refractivity (Wildman–Crippen MR) is 95.8 cm³/mol. The van der Waals surface area contributed by atoms with Gasteiger partial charge in [-0.05, 0) is 29.8 Å². The summed E-state index contributed by atoms with van der Waals surface area (Å²) in [7, 11) is 0. The lowest BCUT2D eigenvalue weighted by Gasteiger charge is -2.18. The van der Waals surface area contributed by atoms with Crippen LogP contribution < -0.4 is 20.9 Å². The third-order valence-electron chi connectivity index (χ3n) is 3.49. The lowest BCUT2D eigenvalue weighted by molar-refractivity contribution is -0.130. The highest BCUT2D eigenvalue weighted by Crippen LogP contribution is 2.16. The highest BCUT2D eigenvalue weighted by molar-refractivity contribution is 5.83. The van der Waals surface area contributed by atoms with Crippen molar-refractivity contribution < 1.29 is 23.5 Å². The molecule has 1 atom stereocenters. The lowest BCUT2D eigenvalue weighted by atomic mass is 10.0. The molecule has 0 saturated heterocycles. The van der Waals surface area contributed by atoms with Crippen molar-refractivity contribution in [2.45, 2.75) is 19.4 Å². The van der Waals surface area contributed by atoms with Gasteiger partial charge < -0.3 is 10.1 Å². The van der Waals surface area contributed by atoms with E-state index in [-0.39, 0.29) is 18.9 Å². The van der Waals surface area contributed by atoms with Gasteiger partial charge in [-0.1, -0.05) is 30.3 Å². The number of amides is 3. The molecule has 142 valence electrons. The molecule has 3 amide bonds. The van der Waals surface area contributed by atoms with E-state index in [1.165, 1.54) is 31.2 Å². The summed E-state index contributed by atoms with van der Waals surface area (Å²) < 4.78 is 18.0. The molecule has 0 heterocycles. The van der Waals surface area contributed by atoms with Gasteiger partial charge in [-0.2, -0.15) is 0 Å². The molecule has 0 aliphatic carbocycles. The Morgan fingerprint density at radius 1 is 0.963 bits per heavy atom. The maximum atomic E-state index is 12.8. The average Bonchev–Trinajstić information content (AvgIpc) is 2.66. The number of carbonyl (C=O) groups is 3. The molecule has 27 heavy (non-hydrogen) atoms. The zero-order chi connectivity index (χ0) is 19.6. The van der Waals surface area contributed by atoms with Crippen LogP contribution in [0.5, 0.6) is 5.75 Å². The van der Waals surface area contributed by atoms with Gasteiger partial charge in [0.05, 0.1) is 12.5 Å². The normalized spacial score (nSPS) is 11.2. The number of hydrogen-bond acceptors (Lipinski definition) is 4. The topological polar surface area (TPSA) is 96.5 Å². The number of halogens is 1. The third kappa shape index (κ3) is 7.15. The van der Waals surface area contributed by atoms with E-state index in [1.807, 2.05) is 6.07 Å². The molecule has 0 aliphatic rings. The van der Waals surface area contributed by atoms with Crippen molar-refractivity contribution in [2.24, 2.45) is 0 Å². The Morgan fingerprint density at radius 3 is 2.22 bits per heavy atom. The molecule has 7 nitrogen and oxygen atoms in total. The summed E-state index contributed by atoms with van der Waals surface area (Å²) in [5, 5.41) is 2.70. The minimum atomic E-state index is -0.580. The van der Waals surface area contributed by atoms with Crippen molar-refractivity contribution in [3.8, 4) is 5.75 Å². The Bertz CT molecular complexity index is 781. The standard InChI is InChI=1S/C19H20FN3O4/c1-13(24)21-17(14-5-3-2-4-6-14)11-18(25)22-23-19(26)12-27-16-9-7-15(20)8-10-16/h2-10,17H,11-12H2,1H3,(H,21,24)(H,22,25)(H,23,26)/t17-/m0/s1. The molecular formula is C19H20FN3O4. The average molecular weight is 373 g/mol. The summed E-state index contributed by atoms with van der Waals surface area (Å²) in [5.74, 6) is -1.41. The maximum Gasteiger partial charge on any atom is 0.276 e. The molecule has 0 radical (unpaired) electrons. The SMILES string of the molecule is CC(=O)N[C@@H](CC(=O)NNC(=O)COc1ccc(F)cc1)c1ccccc1. The second-order valence-electron chi connectivity index (χ2n) is 5.71. The maximum absolute atomic E-state index is 12.8. The molecule has 0 unspecified atom stereocenters. The fourth-order valence-corrected chi connectivity index (χ4v) is 2.27. The highest BCUT2D eigenvalue weighted by atomic mass is 19.1. The molecule has 2 aromatic carbocycles. The first kappa shape index (κ1) is 19.9. The van der Waals surface area contributed by atoms with Gasteiger partial charge in [0.1, 0.15) is 11.6 Å². The molecular weight excluding hydrogens is 353 g/mol. The Kier molecular flexibility index (Phi) is 7.30. The van der Waals surface area contributed by atoms with Crippen LogP contribution in [0.4, 0.5) is 4.39 Å². The van der Waals surface area contributed by atoms with E-state index < -0.39 is 23.7 Å². The Hall–Kier alpha value is -3.42. The molecule has 0 saturated carbocycles. The summed E-state index contributed by atoms with van der Waals surface area (Å²) in [6.45, 7) is 1.02. The second kappa shape index (κ2) is 9.91. The number of rotatable bonds is 7. The fourth-order valence-electron chi connectivity index (χ4n) is 2.27. The third-order valence-corrected chi connectivity index (χ3v) is 3.49. The van der Waals surface area contributed by atoms with Crippen molar-refractivity contribution in [3.63, 3.8) is 0 Å². The van der Waals surface area contributed by atoms with E-state index in [2.05, 4.69) is 16.2 Å². The van der Waals surface area contributed by atoms with Crippen LogP contribution in [-0.4, -0.2) is 24.3 Å². The summed E-state index contributed by atoms with van der Waals surface area (Å²) in [4.78, 5) is 35.2. The van der Waals surface area contributed by atoms with E-state index in [0.29, 0.717) is 5.75 Å². The summed E-state index contributed by atoms with van der Waals surface area (Å²) in [6.07, 6.45) is -0.0529. The van der Waals surface area contributed by atoms with Crippen molar-refractivity contribution >= 4 is 17.7 Å². The van der Waals surface area contributed by atoms with Crippen LogP contribution in [0.2, 0.25) is 0 Å². The Morgan fingerprint density at radius 2 is 1.59 bits per heavy atom. The van der Waals surface area contributed by atoms with Crippen molar-refractivity contribution in [1.82, 2.24) is 16.2 Å². The van der Waals surface area contributed by atoms with Gasteiger partial charge in [-0.25, -0.2) is 4.39 Å². The van der Waals surface area contributed by atoms with Gasteiger partial charge in [0.25, 0.3) is 5.91 Å². The Balaban J connectivity index is 1.80. The van der Waals surface area contributed by atoms with Crippen molar-refractivity contribution in [2.75, 3.05) is 6.61 Å². The van der Waals surface area contributed by atoms with Crippen LogP contribution >= 0.6 is 0 Å². The molecule has 0 fully saturated rings. The molecule has 0 bridgehead atoms. The molecule has 2 rings (SSSR count). The molecule has 2 aromatic rings. The van der Waals surface area contributed by atoms with E-state index in [4.69, 9.17) is 4.74 Å². The molecule has 0 spiro atoms. The lowest BCUT2D eigenvalue weighted by Crippen LogP contribution is -2.45. The molecule has 0 aliphatic heterocycles. The number of nitrogens with one attached hydrogen (secondary N) is 3. The first-order chi connectivity index (χ1) is 12.9. The van der Waals surface area contributed by atoms with Gasteiger partial charge in [0.15, 0.2) is 6.61 Å². The molecule has 0 aromatic heterocycles. The van der Waals surface area contributed by atoms with Gasteiger partial charge in [0, 0.05) is 6.92 Å². The number of hydrazine groups is 1. The minimum absolute atomic E-state index is 0.0529. The second-order valence-corrected chi connectivity index (χ2v) is 5.71. The highest BCUT2D eigenvalue weighted by Gasteiger charge is 2.17. The monoisotopic (exact) mass is 373 g/mol. The largest absolute Gasteiger partial charge is 0.484 e. The zero-order valence-electron chi connectivity index (χ0n) is 14.7. The fraction of sp³-hybridized carbons (Fsp3) is 0.211. The van der Waals surface area contributed by atoms with Crippen molar-refractivity contribution in [3.05, 3.63) is 66.0 Å². The van der Waals surface area contributed by atoms with Crippen LogP contribution in [0.25, 0.3) is 0 Å². The van der Waals surface area contributed by atoms with Crippen molar-refractivity contribution in [1.29, 1.82) is 0 Å². The summed E-state index contributed by atoms with van der Waals surface area (Å²) in [6, 6.07) is 13.7. The predicted octanol–water partition coefficient (Wildman–Crippen LogP) is 1.62. The summed E-state index contributed by atoms with van der Waals surface area (Å²) >= 11 is 0. The summed E-state index contributed by atoms with van der Waals surface area (Å²) in [5.41, 5.74) is 5.27. The number of carbonyl (C=O) groups excluding carboxylic acids is 3. The molecule has 8 heteroatoms. The van der Waals surface area contributed by atoms with Crippen LogP contribution in [-0.2, 0) is 14.4 Å². The van der Waals surface area contributed by atoms with E-state index in [9.17, 15) is 18.8 Å². The number of benzene rings is 2. The smallest absolute Gasteiger partial charge is 0.276 e. The van der Waals surface area contributed by atoms with Gasteiger partial charge in [-0.3, -0.25) is 25.2 Å². The van der Waals surface area contributed by atoms with E-state index >= 15 is 0 Å². The van der Waals surface area contributed by atoms with E-state index in [0.717, 1.165) is 5.56 Å². The van der Waals surface area contributed by atoms with Crippen LogP contribution in [0.1, 0.15) is 24.9 Å². The zero-order valence-corrected chi connectivity index (χ0v) is 14.7. The Labute approximate surface area is 155 Å². The van der Waals surface area contributed by atoms with Crippen LogP contribution in [0.15, 0.2) is 54.6 Å². The van der Waals surface area contributed by atoms with E-state index in [1.54, 1.807) is 24.3 Å². The molecule has 3 N–H and O–H groups in total.